The highest BCUT2D eigenvalue weighted by molar-refractivity contribution is 8.15. The lowest BCUT2D eigenvalue weighted by Crippen LogP contribution is -2.25. The van der Waals surface area contributed by atoms with Gasteiger partial charge in [0.25, 0.3) is 5.24 Å². The minimum Gasteiger partial charge on any atom is -0.326 e. The van der Waals surface area contributed by atoms with Crippen molar-refractivity contribution in [3.63, 3.8) is 0 Å². The third kappa shape index (κ3) is 2.43. The molecule has 0 bridgehead atoms. The molecule has 2 amide bonds. The van der Waals surface area contributed by atoms with Gasteiger partial charge in [0.1, 0.15) is 0 Å². The normalized spacial score (nSPS) is 19.9. The SMILES string of the molecule is NCc1ccc(CC2SC(=O)NC2=O)cc1. The van der Waals surface area contributed by atoms with Crippen LogP contribution in [-0.4, -0.2) is 16.4 Å². The smallest absolute Gasteiger partial charge is 0.286 e. The average molecular weight is 236 g/mol. The molecule has 1 atom stereocenters. The molecular formula is C11H12N2O2S. The van der Waals surface area contributed by atoms with Crippen LogP contribution in [0.2, 0.25) is 0 Å². The highest BCUT2D eigenvalue weighted by atomic mass is 32.2. The van der Waals surface area contributed by atoms with E-state index in [9.17, 15) is 9.59 Å². The minimum atomic E-state index is -0.295. The molecule has 3 N–H and O–H groups in total. The number of nitrogens with one attached hydrogen (secondary N) is 1. The maximum atomic E-state index is 11.3. The maximum Gasteiger partial charge on any atom is 0.286 e. The molecule has 1 aliphatic rings. The second-order valence-electron chi connectivity index (χ2n) is 3.61. The summed E-state index contributed by atoms with van der Waals surface area (Å²) in [6, 6.07) is 7.76. The van der Waals surface area contributed by atoms with Gasteiger partial charge in [0.2, 0.25) is 5.91 Å². The van der Waals surface area contributed by atoms with E-state index in [4.69, 9.17) is 5.73 Å². The predicted octanol–water partition coefficient (Wildman–Crippen LogP) is 1.04. The van der Waals surface area contributed by atoms with Gasteiger partial charge in [0.15, 0.2) is 0 Å². The average Bonchev–Trinajstić information content (AvgIpc) is 2.59. The highest BCUT2D eigenvalue weighted by Gasteiger charge is 2.31. The third-order valence-electron chi connectivity index (χ3n) is 2.45. The van der Waals surface area contributed by atoms with Crippen LogP contribution in [0.4, 0.5) is 4.79 Å². The van der Waals surface area contributed by atoms with E-state index < -0.39 is 0 Å². The van der Waals surface area contributed by atoms with Crippen molar-refractivity contribution < 1.29 is 9.59 Å². The van der Waals surface area contributed by atoms with E-state index in [1.807, 2.05) is 24.3 Å². The van der Waals surface area contributed by atoms with Crippen LogP contribution < -0.4 is 11.1 Å². The van der Waals surface area contributed by atoms with E-state index in [0.717, 1.165) is 22.9 Å². The summed E-state index contributed by atoms with van der Waals surface area (Å²) in [6.07, 6.45) is 0.576. The molecule has 1 fully saturated rings. The summed E-state index contributed by atoms with van der Waals surface area (Å²) in [4.78, 5) is 22.3. The van der Waals surface area contributed by atoms with E-state index in [2.05, 4.69) is 5.32 Å². The van der Waals surface area contributed by atoms with E-state index in [-0.39, 0.29) is 16.4 Å². The van der Waals surface area contributed by atoms with Gasteiger partial charge in [-0.15, -0.1) is 0 Å². The van der Waals surface area contributed by atoms with Crippen molar-refractivity contribution in [1.29, 1.82) is 0 Å². The number of hydrogen-bond acceptors (Lipinski definition) is 4. The highest BCUT2D eigenvalue weighted by Crippen LogP contribution is 2.22. The Morgan fingerprint density at radius 2 is 1.81 bits per heavy atom. The number of rotatable bonds is 3. The van der Waals surface area contributed by atoms with Crippen LogP contribution >= 0.6 is 11.8 Å². The molecule has 1 aromatic carbocycles. The van der Waals surface area contributed by atoms with E-state index in [0.29, 0.717) is 13.0 Å². The molecule has 1 aromatic rings. The molecule has 84 valence electrons. The molecule has 1 unspecified atom stereocenters. The Kier molecular flexibility index (Phi) is 3.26. The zero-order valence-corrected chi connectivity index (χ0v) is 9.42. The Hall–Kier alpha value is -1.33. The van der Waals surface area contributed by atoms with Crippen molar-refractivity contribution in [2.75, 3.05) is 0 Å². The van der Waals surface area contributed by atoms with Crippen molar-refractivity contribution in [3.8, 4) is 0 Å². The van der Waals surface area contributed by atoms with Gasteiger partial charge in [0.05, 0.1) is 5.25 Å². The Balaban J connectivity index is 2.03. The van der Waals surface area contributed by atoms with Crippen LogP contribution in [0.5, 0.6) is 0 Å². The van der Waals surface area contributed by atoms with E-state index >= 15 is 0 Å². The molecule has 2 rings (SSSR count). The summed E-state index contributed by atoms with van der Waals surface area (Å²) in [5, 5.41) is 1.72. The van der Waals surface area contributed by atoms with Crippen molar-refractivity contribution in [3.05, 3.63) is 35.4 Å². The van der Waals surface area contributed by atoms with Gasteiger partial charge in [-0.2, -0.15) is 0 Å². The predicted molar refractivity (Wildman–Crippen MR) is 63.0 cm³/mol. The summed E-state index contributed by atoms with van der Waals surface area (Å²) in [5.41, 5.74) is 7.59. The van der Waals surface area contributed by atoms with Crippen LogP contribution in [0.25, 0.3) is 0 Å². The van der Waals surface area contributed by atoms with Crippen LogP contribution in [0.3, 0.4) is 0 Å². The molecule has 1 aliphatic heterocycles. The zero-order valence-electron chi connectivity index (χ0n) is 8.60. The zero-order chi connectivity index (χ0) is 11.5. The van der Waals surface area contributed by atoms with Crippen molar-refractivity contribution in [1.82, 2.24) is 5.32 Å². The molecule has 16 heavy (non-hydrogen) atoms. The minimum absolute atomic E-state index is 0.196. The number of thioether (sulfide) groups is 1. The lowest BCUT2D eigenvalue weighted by atomic mass is 10.1. The van der Waals surface area contributed by atoms with Gasteiger partial charge in [-0.3, -0.25) is 14.9 Å². The molecule has 5 heteroatoms. The second kappa shape index (κ2) is 4.67. The fourth-order valence-electron chi connectivity index (χ4n) is 1.55. The number of hydrogen-bond donors (Lipinski definition) is 2. The monoisotopic (exact) mass is 236 g/mol. The first kappa shape index (κ1) is 11.2. The Morgan fingerprint density at radius 3 is 2.31 bits per heavy atom. The molecule has 0 aliphatic carbocycles. The van der Waals surface area contributed by atoms with Crippen LogP contribution in [-0.2, 0) is 17.8 Å². The van der Waals surface area contributed by atoms with Gasteiger partial charge in [0, 0.05) is 6.54 Å². The number of imide groups is 1. The van der Waals surface area contributed by atoms with Crippen LogP contribution in [0.15, 0.2) is 24.3 Å². The van der Waals surface area contributed by atoms with Gasteiger partial charge < -0.3 is 5.73 Å². The summed E-state index contributed by atoms with van der Waals surface area (Å²) < 4.78 is 0. The summed E-state index contributed by atoms with van der Waals surface area (Å²) in [7, 11) is 0. The topological polar surface area (TPSA) is 72.2 Å². The Bertz CT molecular complexity index is 416. The van der Waals surface area contributed by atoms with Crippen molar-refractivity contribution in [2.45, 2.75) is 18.2 Å². The maximum absolute atomic E-state index is 11.3. The van der Waals surface area contributed by atoms with Crippen LogP contribution in [0.1, 0.15) is 11.1 Å². The first-order valence-corrected chi connectivity index (χ1v) is 5.86. The first-order valence-electron chi connectivity index (χ1n) is 4.98. The number of carbonyl (C=O) groups is 2. The van der Waals surface area contributed by atoms with Gasteiger partial charge in [-0.05, 0) is 17.5 Å². The largest absolute Gasteiger partial charge is 0.326 e. The van der Waals surface area contributed by atoms with Crippen molar-refractivity contribution in [2.24, 2.45) is 5.73 Å². The molecule has 0 aromatic heterocycles. The molecular weight excluding hydrogens is 224 g/mol. The number of nitrogens with two attached hydrogens (primary N) is 1. The quantitative estimate of drug-likeness (QED) is 0.822. The Labute approximate surface area is 97.6 Å². The molecule has 1 saturated heterocycles. The number of benzene rings is 1. The number of amides is 2. The fraction of sp³-hybridized carbons (Fsp3) is 0.273. The first-order chi connectivity index (χ1) is 7.69. The molecule has 0 saturated carbocycles. The summed E-state index contributed by atoms with van der Waals surface area (Å²) in [5.74, 6) is -0.196. The van der Waals surface area contributed by atoms with Gasteiger partial charge in [-0.25, -0.2) is 0 Å². The number of carbonyl (C=O) groups excluding carboxylic acids is 2. The lowest BCUT2D eigenvalue weighted by Gasteiger charge is -2.05. The standard InChI is InChI=1S/C11H12N2O2S/c12-6-8-3-1-7(2-4-8)5-9-10(14)13-11(15)16-9/h1-4,9H,5-6,12H2,(H,13,14,15). The Morgan fingerprint density at radius 1 is 1.19 bits per heavy atom. The lowest BCUT2D eigenvalue weighted by molar-refractivity contribution is -0.118. The van der Waals surface area contributed by atoms with E-state index in [1.54, 1.807) is 0 Å². The third-order valence-corrected chi connectivity index (χ3v) is 3.43. The van der Waals surface area contributed by atoms with Gasteiger partial charge in [-0.1, -0.05) is 36.0 Å². The molecule has 0 radical (unpaired) electrons. The van der Waals surface area contributed by atoms with E-state index in [1.165, 1.54) is 0 Å². The fourth-order valence-corrected chi connectivity index (χ4v) is 2.41. The summed E-state index contributed by atoms with van der Waals surface area (Å²) in [6.45, 7) is 0.511. The van der Waals surface area contributed by atoms with Gasteiger partial charge >= 0.3 is 0 Å². The second-order valence-corrected chi connectivity index (χ2v) is 4.78. The van der Waals surface area contributed by atoms with Crippen molar-refractivity contribution >= 4 is 22.9 Å². The summed E-state index contributed by atoms with van der Waals surface area (Å²) >= 11 is 1.05. The molecule has 0 spiro atoms. The van der Waals surface area contributed by atoms with Crippen LogP contribution in [0, 0.1) is 0 Å². The molecule has 1 heterocycles. The molecule has 4 nitrogen and oxygen atoms in total.